The van der Waals surface area contributed by atoms with Crippen molar-refractivity contribution >= 4 is 17.5 Å². The van der Waals surface area contributed by atoms with E-state index < -0.39 is 11.7 Å². The van der Waals surface area contributed by atoms with Crippen molar-refractivity contribution < 1.29 is 14.0 Å². The molecular formula is C18H19FN4O2. The number of aromatic amines is 1. The van der Waals surface area contributed by atoms with E-state index in [9.17, 15) is 14.0 Å². The summed E-state index contributed by atoms with van der Waals surface area (Å²) in [5.74, 6) is -1.51. The van der Waals surface area contributed by atoms with Gasteiger partial charge in [0, 0.05) is 24.8 Å². The number of hydrogen-bond donors (Lipinski definition) is 2. The van der Waals surface area contributed by atoms with Gasteiger partial charge in [0.2, 0.25) is 11.8 Å². The molecule has 1 aromatic carbocycles. The van der Waals surface area contributed by atoms with Crippen LogP contribution in [0.1, 0.15) is 41.3 Å². The highest BCUT2D eigenvalue weighted by Gasteiger charge is 2.33. The maximum Gasteiger partial charge on any atom is 0.230 e. The molecule has 0 fully saturated rings. The summed E-state index contributed by atoms with van der Waals surface area (Å²) >= 11 is 0. The molecule has 0 radical (unpaired) electrons. The Morgan fingerprint density at radius 1 is 1.40 bits per heavy atom. The zero-order valence-electron chi connectivity index (χ0n) is 13.9. The van der Waals surface area contributed by atoms with E-state index in [1.54, 1.807) is 11.9 Å². The van der Waals surface area contributed by atoms with Crippen LogP contribution in [0.15, 0.2) is 18.2 Å². The number of likely N-dealkylation sites (N-methyl/N-ethyl adjacent to an activating group) is 1. The molecule has 0 unspecified atom stereocenters. The van der Waals surface area contributed by atoms with E-state index in [4.69, 9.17) is 0 Å². The fourth-order valence-electron chi connectivity index (χ4n) is 3.74. The lowest BCUT2D eigenvalue weighted by Crippen LogP contribution is -2.36. The molecule has 2 aliphatic rings. The number of anilines is 1. The lowest BCUT2D eigenvalue weighted by Gasteiger charge is -2.28. The molecule has 6 nitrogen and oxygen atoms in total. The molecule has 130 valence electrons. The van der Waals surface area contributed by atoms with Gasteiger partial charge in [0.05, 0.1) is 18.2 Å². The number of halogens is 1. The number of benzene rings is 1. The first-order valence-electron chi connectivity index (χ1n) is 8.42. The highest BCUT2D eigenvalue weighted by Crippen LogP contribution is 2.34. The summed E-state index contributed by atoms with van der Waals surface area (Å²) in [7, 11) is 1.70. The molecule has 7 heteroatoms. The second kappa shape index (κ2) is 5.98. The Hall–Kier alpha value is -2.70. The van der Waals surface area contributed by atoms with Crippen LogP contribution in [0.2, 0.25) is 0 Å². The first kappa shape index (κ1) is 15.8. The minimum atomic E-state index is -0.670. The van der Waals surface area contributed by atoms with Gasteiger partial charge >= 0.3 is 0 Å². The summed E-state index contributed by atoms with van der Waals surface area (Å²) in [5, 5.41) is 10.1. The van der Waals surface area contributed by atoms with Gasteiger partial charge in [-0.3, -0.25) is 14.7 Å². The second-order valence-corrected chi connectivity index (χ2v) is 6.71. The maximum atomic E-state index is 13.6. The molecule has 1 atom stereocenters. The maximum absolute atomic E-state index is 13.6. The van der Waals surface area contributed by atoms with Crippen molar-refractivity contribution in [2.75, 3.05) is 12.4 Å². The van der Waals surface area contributed by atoms with Crippen LogP contribution in [0.25, 0.3) is 0 Å². The first-order valence-corrected chi connectivity index (χ1v) is 8.42. The molecule has 4 rings (SSSR count). The summed E-state index contributed by atoms with van der Waals surface area (Å²) < 4.78 is 13.6. The Kier molecular flexibility index (Phi) is 3.78. The van der Waals surface area contributed by atoms with Gasteiger partial charge in [-0.25, -0.2) is 4.39 Å². The number of rotatable bonds is 3. The minimum absolute atomic E-state index is 0.0261. The van der Waals surface area contributed by atoms with Gasteiger partial charge in [-0.15, -0.1) is 0 Å². The van der Waals surface area contributed by atoms with E-state index in [0.29, 0.717) is 17.8 Å². The molecule has 25 heavy (non-hydrogen) atoms. The van der Waals surface area contributed by atoms with Gasteiger partial charge in [0.25, 0.3) is 0 Å². The Labute approximate surface area is 144 Å². The smallest absolute Gasteiger partial charge is 0.230 e. The molecule has 2 heterocycles. The zero-order chi connectivity index (χ0) is 17.6. The fraction of sp³-hybridized carbons (Fsp3) is 0.389. The number of amides is 2. The van der Waals surface area contributed by atoms with Crippen molar-refractivity contribution in [2.24, 2.45) is 0 Å². The summed E-state index contributed by atoms with van der Waals surface area (Å²) in [6.45, 7) is 0.382. The average molecular weight is 342 g/mol. The van der Waals surface area contributed by atoms with Crippen molar-refractivity contribution in [1.29, 1.82) is 0 Å². The van der Waals surface area contributed by atoms with Gasteiger partial charge in [0.1, 0.15) is 5.82 Å². The minimum Gasteiger partial charge on any atom is -0.339 e. The molecule has 1 aliphatic heterocycles. The number of H-pyrrole nitrogens is 1. The summed E-state index contributed by atoms with van der Waals surface area (Å²) in [4.78, 5) is 26.4. The summed E-state index contributed by atoms with van der Waals surface area (Å²) in [6.07, 6.45) is 3.10. The van der Waals surface area contributed by atoms with Crippen molar-refractivity contribution in [3.63, 3.8) is 0 Å². The largest absolute Gasteiger partial charge is 0.339 e. The lowest BCUT2D eigenvalue weighted by atomic mass is 9.89. The van der Waals surface area contributed by atoms with Gasteiger partial charge in [-0.2, -0.15) is 5.10 Å². The molecule has 0 saturated heterocycles. The Morgan fingerprint density at radius 2 is 2.24 bits per heavy atom. The average Bonchev–Trinajstić information content (AvgIpc) is 3.19. The quantitative estimate of drug-likeness (QED) is 0.897. The molecule has 2 aromatic rings. The van der Waals surface area contributed by atoms with E-state index in [1.807, 2.05) is 0 Å². The van der Waals surface area contributed by atoms with Crippen LogP contribution in [0.4, 0.5) is 10.1 Å². The van der Waals surface area contributed by atoms with Crippen LogP contribution < -0.4 is 5.32 Å². The predicted molar refractivity (Wildman–Crippen MR) is 89.5 cm³/mol. The van der Waals surface area contributed by atoms with Crippen LogP contribution in [-0.4, -0.2) is 34.0 Å². The third kappa shape index (κ3) is 2.79. The van der Waals surface area contributed by atoms with Gasteiger partial charge in [-0.05, 0) is 48.6 Å². The molecule has 2 N–H and O–H groups in total. The SMILES string of the molecule is CN(Cc1n[nH]c2c1CCC2)C(=O)[C@H]1CC(=O)Nc2ccc(F)cc21. The molecule has 1 aromatic heterocycles. The second-order valence-electron chi connectivity index (χ2n) is 6.71. The number of nitrogens with one attached hydrogen (secondary N) is 2. The topological polar surface area (TPSA) is 78.1 Å². The number of carbonyl (C=O) groups excluding carboxylic acids is 2. The van der Waals surface area contributed by atoms with Crippen molar-refractivity contribution in [3.05, 3.63) is 46.5 Å². The van der Waals surface area contributed by atoms with E-state index in [1.165, 1.54) is 23.8 Å². The van der Waals surface area contributed by atoms with Crippen LogP contribution >= 0.6 is 0 Å². The first-order chi connectivity index (χ1) is 12.0. The van der Waals surface area contributed by atoms with Crippen molar-refractivity contribution in [3.8, 4) is 0 Å². The summed E-state index contributed by atoms with van der Waals surface area (Å²) in [5.41, 5.74) is 4.27. The Bertz CT molecular complexity index is 861. The number of aryl methyl sites for hydroxylation is 1. The molecule has 2 amide bonds. The highest BCUT2D eigenvalue weighted by atomic mass is 19.1. The van der Waals surface area contributed by atoms with Gasteiger partial charge < -0.3 is 10.2 Å². The van der Waals surface area contributed by atoms with E-state index in [-0.39, 0.29) is 18.2 Å². The third-order valence-corrected chi connectivity index (χ3v) is 5.01. The number of hydrogen-bond acceptors (Lipinski definition) is 3. The lowest BCUT2D eigenvalue weighted by molar-refractivity contribution is -0.134. The van der Waals surface area contributed by atoms with E-state index >= 15 is 0 Å². The highest BCUT2D eigenvalue weighted by molar-refractivity contribution is 6.01. The van der Waals surface area contributed by atoms with Gasteiger partial charge in [0.15, 0.2) is 0 Å². The molecule has 0 bridgehead atoms. The van der Waals surface area contributed by atoms with Crippen LogP contribution in [0, 0.1) is 5.82 Å². The van der Waals surface area contributed by atoms with Crippen LogP contribution in [0.3, 0.4) is 0 Å². The molecule has 0 spiro atoms. The van der Waals surface area contributed by atoms with Crippen molar-refractivity contribution in [1.82, 2.24) is 15.1 Å². The monoisotopic (exact) mass is 342 g/mol. The van der Waals surface area contributed by atoms with E-state index in [0.717, 1.165) is 30.7 Å². The zero-order valence-corrected chi connectivity index (χ0v) is 13.9. The number of aromatic nitrogens is 2. The molecular weight excluding hydrogens is 323 g/mol. The normalized spacial score (nSPS) is 18.5. The molecule has 0 saturated carbocycles. The number of nitrogens with zero attached hydrogens (tertiary/aromatic N) is 2. The number of fused-ring (bicyclic) bond motifs is 2. The van der Waals surface area contributed by atoms with Crippen LogP contribution in [-0.2, 0) is 29.0 Å². The number of carbonyl (C=O) groups is 2. The van der Waals surface area contributed by atoms with Gasteiger partial charge in [-0.1, -0.05) is 0 Å². The summed E-state index contributed by atoms with van der Waals surface area (Å²) in [6, 6.07) is 4.11. The van der Waals surface area contributed by atoms with Crippen molar-refractivity contribution in [2.45, 2.75) is 38.1 Å². The Morgan fingerprint density at radius 3 is 3.08 bits per heavy atom. The third-order valence-electron chi connectivity index (χ3n) is 5.01. The molecule has 1 aliphatic carbocycles. The Balaban J connectivity index is 1.58. The van der Waals surface area contributed by atoms with Crippen LogP contribution in [0.5, 0.6) is 0 Å². The standard InChI is InChI=1S/C18H19FN4O2/c1-23(9-16-11-3-2-4-15(11)21-22-16)18(25)13-8-17(24)20-14-6-5-10(19)7-12(13)14/h5-7,13H,2-4,8-9H2,1H3,(H,20,24)(H,21,22)/t13-/m0/s1. The predicted octanol–water partition coefficient (Wildman–Crippen LogP) is 2.12. The van der Waals surface area contributed by atoms with E-state index in [2.05, 4.69) is 15.5 Å². The fourth-order valence-corrected chi connectivity index (χ4v) is 3.74.